The molecule has 1 nitrogen and oxygen atoms in total. The number of rotatable bonds is 2. The Morgan fingerprint density at radius 2 is 2.00 bits per heavy atom. The molecule has 0 aliphatic carbocycles. The molecule has 1 fully saturated rings. The third kappa shape index (κ3) is 3.32. The highest BCUT2D eigenvalue weighted by molar-refractivity contribution is 5.34. The van der Waals surface area contributed by atoms with Crippen molar-refractivity contribution in [1.82, 2.24) is 4.90 Å². The Hall–Kier alpha value is -0.820. The number of aryl methyl sites for hydroxylation is 2. The van der Waals surface area contributed by atoms with E-state index in [0.717, 1.165) is 6.42 Å². The van der Waals surface area contributed by atoms with E-state index in [1.54, 1.807) is 5.56 Å². The van der Waals surface area contributed by atoms with Crippen LogP contribution in [0.3, 0.4) is 0 Å². The van der Waals surface area contributed by atoms with Crippen molar-refractivity contribution in [3.8, 4) is 0 Å². The van der Waals surface area contributed by atoms with Gasteiger partial charge in [-0.3, -0.25) is 4.90 Å². The van der Waals surface area contributed by atoms with E-state index in [2.05, 4.69) is 44.0 Å². The Morgan fingerprint density at radius 3 is 2.53 bits per heavy atom. The van der Waals surface area contributed by atoms with E-state index in [1.807, 2.05) is 13.8 Å². The molecule has 1 aliphatic heterocycles. The zero-order valence-electron chi connectivity index (χ0n) is 12.1. The Balaban J connectivity index is 0.000000686. The molecule has 1 heteroatoms. The Bertz CT molecular complexity index is 343. The van der Waals surface area contributed by atoms with Crippen molar-refractivity contribution >= 4 is 0 Å². The molecular formula is C16H27N. The summed E-state index contributed by atoms with van der Waals surface area (Å²) in [7, 11) is 2.25. The molecule has 1 atom stereocenters. The number of benzene rings is 1. The van der Waals surface area contributed by atoms with Crippen molar-refractivity contribution in [1.29, 1.82) is 0 Å². The Kier molecular flexibility index (Phi) is 5.70. The lowest BCUT2D eigenvalue weighted by atomic mass is 9.95. The van der Waals surface area contributed by atoms with Crippen LogP contribution in [0.2, 0.25) is 0 Å². The van der Waals surface area contributed by atoms with Crippen LogP contribution in [-0.4, -0.2) is 18.5 Å². The average molecular weight is 233 g/mol. The van der Waals surface area contributed by atoms with Gasteiger partial charge in [-0.25, -0.2) is 0 Å². The predicted molar refractivity (Wildman–Crippen MR) is 76.5 cm³/mol. The molecule has 0 aromatic heterocycles. The summed E-state index contributed by atoms with van der Waals surface area (Å²) in [5, 5.41) is 0. The molecule has 2 rings (SSSR count). The van der Waals surface area contributed by atoms with Crippen molar-refractivity contribution < 1.29 is 0 Å². The van der Waals surface area contributed by atoms with Gasteiger partial charge >= 0.3 is 0 Å². The van der Waals surface area contributed by atoms with Crippen LogP contribution in [0, 0.1) is 6.92 Å². The molecule has 1 aromatic carbocycles. The highest BCUT2D eigenvalue weighted by Crippen LogP contribution is 2.33. The molecule has 0 saturated carbocycles. The largest absolute Gasteiger partial charge is 0.299 e. The van der Waals surface area contributed by atoms with Gasteiger partial charge in [0.05, 0.1) is 0 Å². The van der Waals surface area contributed by atoms with E-state index in [-0.39, 0.29) is 0 Å². The van der Waals surface area contributed by atoms with Gasteiger partial charge in [-0.1, -0.05) is 44.5 Å². The van der Waals surface area contributed by atoms with Crippen LogP contribution < -0.4 is 0 Å². The summed E-state index contributed by atoms with van der Waals surface area (Å²) >= 11 is 0. The first-order valence-electron chi connectivity index (χ1n) is 7.02. The summed E-state index contributed by atoms with van der Waals surface area (Å²) in [5.74, 6) is 0. The fourth-order valence-corrected chi connectivity index (χ4v) is 2.65. The van der Waals surface area contributed by atoms with Crippen LogP contribution in [0.4, 0.5) is 0 Å². The maximum Gasteiger partial charge on any atom is 0.0348 e. The SMILES string of the molecule is CC.CCc1ccc(C)cc1C1CCCN1C. The molecule has 1 unspecified atom stereocenters. The summed E-state index contributed by atoms with van der Waals surface area (Å²) < 4.78 is 0. The van der Waals surface area contributed by atoms with Crippen molar-refractivity contribution in [2.75, 3.05) is 13.6 Å². The van der Waals surface area contributed by atoms with Gasteiger partial charge in [-0.05, 0) is 50.9 Å². The van der Waals surface area contributed by atoms with Gasteiger partial charge in [0.1, 0.15) is 0 Å². The van der Waals surface area contributed by atoms with Gasteiger partial charge in [-0.2, -0.15) is 0 Å². The maximum absolute atomic E-state index is 2.49. The first kappa shape index (κ1) is 14.2. The van der Waals surface area contributed by atoms with Gasteiger partial charge in [0.2, 0.25) is 0 Å². The minimum absolute atomic E-state index is 0.667. The van der Waals surface area contributed by atoms with E-state index >= 15 is 0 Å². The third-order valence-corrected chi connectivity index (χ3v) is 3.56. The second-order valence-corrected chi connectivity index (χ2v) is 4.69. The molecule has 1 aromatic rings. The first-order valence-corrected chi connectivity index (χ1v) is 7.02. The van der Waals surface area contributed by atoms with Crippen LogP contribution >= 0.6 is 0 Å². The minimum Gasteiger partial charge on any atom is -0.299 e. The molecule has 1 heterocycles. The highest BCUT2D eigenvalue weighted by Gasteiger charge is 2.24. The summed E-state index contributed by atoms with van der Waals surface area (Å²) in [6.07, 6.45) is 3.82. The van der Waals surface area contributed by atoms with Crippen molar-refractivity contribution in [2.24, 2.45) is 0 Å². The van der Waals surface area contributed by atoms with Crippen LogP contribution in [0.25, 0.3) is 0 Å². The lowest BCUT2D eigenvalue weighted by Gasteiger charge is -2.22. The predicted octanol–water partition coefficient (Wildman–Crippen LogP) is 4.35. The second-order valence-electron chi connectivity index (χ2n) is 4.69. The topological polar surface area (TPSA) is 3.24 Å². The number of hydrogen-bond donors (Lipinski definition) is 0. The molecule has 17 heavy (non-hydrogen) atoms. The average Bonchev–Trinajstić information content (AvgIpc) is 2.78. The molecule has 96 valence electrons. The molecule has 1 aliphatic rings. The van der Waals surface area contributed by atoms with Crippen LogP contribution in [-0.2, 0) is 6.42 Å². The lowest BCUT2D eigenvalue weighted by Crippen LogP contribution is -2.18. The fraction of sp³-hybridized carbons (Fsp3) is 0.625. The quantitative estimate of drug-likeness (QED) is 0.734. The molecule has 0 bridgehead atoms. The van der Waals surface area contributed by atoms with E-state index in [0.29, 0.717) is 6.04 Å². The smallest absolute Gasteiger partial charge is 0.0348 e. The molecule has 0 N–H and O–H groups in total. The Labute approximate surface area is 107 Å². The fourth-order valence-electron chi connectivity index (χ4n) is 2.65. The summed E-state index contributed by atoms with van der Waals surface area (Å²) in [6, 6.07) is 7.58. The van der Waals surface area contributed by atoms with Crippen LogP contribution in [0.5, 0.6) is 0 Å². The monoisotopic (exact) mass is 233 g/mol. The summed E-state index contributed by atoms with van der Waals surface area (Å²) in [6.45, 7) is 9.70. The van der Waals surface area contributed by atoms with Gasteiger partial charge < -0.3 is 0 Å². The molecule has 0 radical (unpaired) electrons. The molecular weight excluding hydrogens is 206 g/mol. The van der Waals surface area contributed by atoms with Crippen molar-refractivity contribution in [3.05, 3.63) is 34.9 Å². The second kappa shape index (κ2) is 6.80. The summed E-state index contributed by atoms with van der Waals surface area (Å²) in [5.41, 5.74) is 4.49. The van der Waals surface area contributed by atoms with Gasteiger partial charge in [0.15, 0.2) is 0 Å². The van der Waals surface area contributed by atoms with E-state index in [4.69, 9.17) is 0 Å². The maximum atomic E-state index is 2.49. The van der Waals surface area contributed by atoms with Gasteiger partial charge in [0, 0.05) is 6.04 Å². The van der Waals surface area contributed by atoms with E-state index in [9.17, 15) is 0 Å². The third-order valence-electron chi connectivity index (χ3n) is 3.56. The number of likely N-dealkylation sites (tertiary alicyclic amines) is 1. The number of hydrogen-bond acceptors (Lipinski definition) is 1. The molecule has 0 spiro atoms. The first-order chi connectivity index (χ1) is 8.22. The minimum atomic E-state index is 0.667. The standard InChI is InChI=1S/C14H21N.C2H6/c1-4-12-8-7-11(2)10-13(12)14-6-5-9-15(14)3;1-2/h7-8,10,14H,4-6,9H2,1-3H3;1-2H3. The zero-order chi connectivity index (χ0) is 12.8. The molecule has 0 amide bonds. The van der Waals surface area contributed by atoms with E-state index < -0.39 is 0 Å². The number of nitrogens with zero attached hydrogens (tertiary/aromatic N) is 1. The molecule has 1 saturated heterocycles. The Morgan fingerprint density at radius 1 is 1.29 bits per heavy atom. The van der Waals surface area contributed by atoms with Crippen molar-refractivity contribution in [3.63, 3.8) is 0 Å². The normalized spacial score (nSPS) is 19.9. The van der Waals surface area contributed by atoms with Crippen molar-refractivity contribution in [2.45, 2.75) is 53.0 Å². The van der Waals surface area contributed by atoms with Crippen LogP contribution in [0.15, 0.2) is 18.2 Å². The zero-order valence-corrected chi connectivity index (χ0v) is 12.1. The highest BCUT2D eigenvalue weighted by atomic mass is 15.1. The van der Waals surface area contributed by atoms with E-state index in [1.165, 1.54) is 30.5 Å². The lowest BCUT2D eigenvalue weighted by molar-refractivity contribution is 0.316. The van der Waals surface area contributed by atoms with Gasteiger partial charge in [-0.15, -0.1) is 0 Å². The summed E-state index contributed by atoms with van der Waals surface area (Å²) in [4.78, 5) is 2.49. The van der Waals surface area contributed by atoms with Gasteiger partial charge in [0.25, 0.3) is 0 Å². The van der Waals surface area contributed by atoms with Crippen LogP contribution in [0.1, 0.15) is 56.3 Å².